The van der Waals surface area contributed by atoms with E-state index in [9.17, 15) is 4.21 Å². The molecule has 0 aliphatic carbocycles. The number of methoxy groups -OCH3 is 1. The number of nitrogens with two attached hydrogens (primary N) is 1. The Morgan fingerprint density at radius 2 is 2.00 bits per heavy atom. The number of ether oxygens (including phenoxy) is 1. The van der Waals surface area contributed by atoms with Gasteiger partial charge in [0, 0.05) is 10.2 Å². The number of nitrogen functional groups attached to an aromatic ring is 1. The fourth-order valence-electron chi connectivity index (χ4n) is 1.85. The zero-order valence-corrected chi connectivity index (χ0v) is 13.8. The summed E-state index contributed by atoms with van der Waals surface area (Å²) >= 11 is 3.47. The number of benzene rings is 2. The van der Waals surface area contributed by atoms with Crippen LogP contribution in [0.15, 0.2) is 45.8 Å². The normalized spacial score (nSPS) is 12.2. The first-order chi connectivity index (χ1) is 9.51. The summed E-state index contributed by atoms with van der Waals surface area (Å²) in [6, 6.07) is 11.2. The van der Waals surface area contributed by atoms with Crippen molar-refractivity contribution in [2.24, 2.45) is 0 Å². The van der Waals surface area contributed by atoms with Crippen LogP contribution in [0.25, 0.3) is 0 Å². The molecule has 0 amide bonds. The van der Waals surface area contributed by atoms with E-state index in [1.165, 1.54) is 0 Å². The molecule has 0 spiro atoms. The molecule has 2 N–H and O–H groups in total. The monoisotopic (exact) mass is 353 g/mol. The van der Waals surface area contributed by atoms with Gasteiger partial charge in [-0.2, -0.15) is 0 Å². The highest BCUT2D eigenvalue weighted by Crippen LogP contribution is 2.27. The molecule has 1 atom stereocenters. The maximum atomic E-state index is 12.5. The Bertz CT molecular complexity index is 658. The highest BCUT2D eigenvalue weighted by atomic mass is 79.9. The van der Waals surface area contributed by atoms with E-state index in [0.717, 1.165) is 21.3 Å². The lowest BCUT2D eigenvalue weighted by Crippen LogP contribution is -2.02. The van der Waals surface area contributed by atoms with Crippen molar-refractivity contribution in [2.75, 3.05) is 12.8 Å². The van der Waals surface area contributed by atoms with Crippen molar-refractivity contribution in [2.45, 2.75) is 17.6 Å². The SMILES string of the molecule is COc1ccc(Br)c(CS(=O)c2cc(C)ccc2N)c1. The first-order valence-corrected chi connectivity index (χ1v) is 8.19. The number of hydrogen-bond donors (Lipinski definition) is 1. The molecule has 2 aromatic carbocycles. The highest BCUT2D eigenvalue weighted by Gasteiger charge is 2.12. The molecule has 0 radical (unpaired) electrons. The van der Waals surface area contributed by atoms with Crippen molar-refractivity contribution in [3.05, 3.63) is 52.0 Å². The quantitative estimate of drug-likeness (QED) is 0.853. The van der Waals surface area contributed by atoms with Gasteiger partial charge < -0.3 is 10.5 Å². The Kier molecular flexibility index (Phi) is 4.83. The van der Waals surface area contributed by atoms with Crippen molar-refractivity contribution < 1.29 is 8.95 Å². The van der Waals surface area contributed by atoms with E-state index in [4.69, 9.17) is 10.5 Å². The average molecular weight is 354 g/mol. The molecule has 2 aromatic rings. The van der Waals surface area contributed by atoms with Crippen LogP contribution in [-0.2, 0) is 16.6 Å². The van der Waals surface area contributed by atoms with E-state index in [1.807, 2.05) is 37.3 Å². The number of halogens is 1. The molecule has 20 heavy (non-hydrogen) atoms. The molecule has 0 heterocycles. The molecular weight excluding hydrogens is 338 g/mol. The zero-order chi connectivity index (χ0) is 14.7. The number of aryl methyl sites for hydroxylation is 1. The summed E-state index contributed by atoms with van der Waals surface area (Å²) in [6.45, 7) is 1.96. The minimum Gasteiger partial charge on any atom is -0.497 e. The molecule has 0 bridgehead atoms. The number of hydrogen-bond acceptors (Lipinski definition) is 3. The molecule has 0 saturated carbocycles. The predicted octanol–water partition coefficient (Wildman–Crippen LogP) is 3.66. The lowest BCUT2D eigenvalue weighted by Gasteiger charge is -2.09. The standard InChI is InChI=1S/C15H16BrNO2S/c1-10-3-6-14(17)15(7-10)20(18)9-11-8-12(19-2)4-5-13(11)16/h3-8H,9,17H2,1-2H3. The van der Waals surface area contributed by atoms with Crippen LogP contribution in [0.5, 0.6) is 5.75 Å². The largest absolute Gasteiger partial charge is 0.497 e. The van der Waals surface area contributed by atoms with Crippen LogP contribution in [0.1, 0.15) is 11.1 Å². The number of anilines is 1. The van der Waals surface area contributed by atoms with E-state index in [1.54, 1.807) is 13.2 Å². The van der Waals surface area contributed by atoms with Crippen LogP contribution in [0.4, 0.5) is 5.69 Å². The van der Waals surface area contributed by atoms with E-state index < -0.39 is 10.8 Å². The van der Waals surface area contributed by atoms with Crippen molar-refractivity contribution in [3.8, 4) is 5.75 Å². The molecular formula is C15H16BrNO2S. The molecule has 0 aromatic heterocycles. The topological polar surface area (TPSA) is 52.3 Å². The molecule has 2 rings (SSSR count). The highest BCUT2D eigenvalue weighted by molar-refractivity contribution is 9.10. The Labute approximate surface area is 129 Å². The van der Waals surface area contributed by atoms with Gasteiger partial charge in [-0.1, -0.05) is 22.0 Å². The molecule has 5 heteroatoms. The lowest BCUT2D eigenvalue weighted by molar-refractivity contribution is 0.414. The van der Waals surface area contributed by atoms with Gasteiger partial charge in [0.05, 0.1) is 28.6 Å². The van der Waals surface area contributed by atoms with Gasteiger partial charge in [0.1, 0.15) is 5.75 Å². The smallest absolute Gasteiger partial charge is 0.119 e. The summed E-state index contributed by atoms with van der Waals surface area (Å²) in [5, 5.41) is 0. The number of rotatable bonds is 4. The van der Waals surface area contributed by atoms with Crippen LogP contribution in [-0.4, -0.2) is 11.3 Å². The van der Waals surface area contributed by atoms with Gasteiger partial charge in [-0.05, 0) is 48.4 Å². The fraction of sp³-hybridized carbons (Fsp3) is 0.200. The van der Waals surface area contributed by atoms with Crippen LogP contribution < -0.4 is 10.5 Å². The third kappa shape index (κ3) is 3.41. The van der Waals surface area contributed by atoms with Crippen LogP contribution in [0, 0.1) is 6.92 Å². The first-order valence-electron chi connectivity index (χ1n) is 6.08. The van der Waals surface area contributed by atoms with E-state index in [2.05, 4.69) is 15.9 Å². The third-order valence-electron chi connectivity index (χ3n) is 2.95. The Balaban J connectivity index is 2.30. The summed E-state index contributed by atoms with van der Waals surface area (Å²) in [5.41, 5.74) is 8.45. The third-order valence-corrected chi connectivity index (χ3v) is 5.14. The maximum Gasteiger partial charge on any atom is 0.119 e. The van der Waals surface area contributed by atoms with Crippen LogP contribution >= 0.6 is 15.9 Å². The van der Waals surface area contributed by atoms with Gasteiger partial charge in [-0.15, -0.1) is 0 Å². The van der Waals surface area contributed by atoms with E-state index in [0.29, 0.717) is 16.3 Å². The fourth-order valence-corrected chi connectivity index (χ4v) is 3.74. The second-order valence-corrected chi connectivity index (χ2v) is 6.76. The van der Waals surface area contributed by atoms with Crippen LogP contribution in [0.3, 0.4) is 0 Å². The molecule has 0 aliphatic heterocycles. The Morgan fingerprint density at radius 3 is 2.70 bits per heavy atom. The van der Waals surface area contributed by atoms with Gasteiger partial charge >= 0.3 is 0 Å². The second kappa shape index (κ2) is 6.41. The minimum absolute atomic E-state index is 0.394. The summed E-state index contributed by atoms with van der Waals surface area (Å²) < 4.78 is 18.6. The first kappa shape index (κ1) is 15.1. The van der Waals surface area contributed by atoms with E-state index >= 15 is 0 Å². The van der Waals surface area contributed by atoms with Gasteiger partial charge in [0.2, 0.25) is 0 Å². The van der Waals surface area contributed by atoms with Gasteiger partial charge in [0.25, 0.3) is 0 Å². The van der Waals surface area contributed by atoms with Crippen molar-refractivity contribution >= 4 is 32.4 Å². The van der Waals surface area contributed by atoms with Crippen LogP contribution in [0.2, 0.25) is 0 Å². The molecule has 106 valence electrons. The molecule has 1 unspecified atom stereocenters. The Hall–Kier alpha value is -1.33. The predicted molar refractivity (Wildman–Crippen MR) is 86.4 cm³/mol. The molecule has 3 nitrogen and oxygen atoms in total. The summed E-state index contributed by atoms with van der Waals surface area (Å²) in [5.74, 6) is 1.14. The maximum absolute atomic E-state index is 12.5. The summed E-state index contributed by atoms with van der Waals surface area (Å²) in [6.07, 6.45) is 0. The molecule has 0 saturated heterocycles. The van der Waals surface area contributed by atoms with E-state index in [-0.39, 0.29) is 0 Å². The lowest BCUT2D eigenvalue weighted by atomic mass is 10.2. The second-order valence-electron chi connectivity index (χ2n) is 4.49. The van der Waals surface area contributed by atoms with Gasteiger partial charge in [-0.25, -0.2) is 0 Å². The van der Waals surface area contributed by atoms with Gasteiger partial charge in [-0.3, -0.25) is 4.21 Å². The zero-order valence-electron chi connectivity index (χ0n) is 11.4. The summed E-state index contributed by atoms with van der Waals surface area (Å²) in [7, 11) is 0.426. The average Bonchev–Trinajstić information content (AvgIpc) is 2.43. The summed E-state index contributed by atoms with van der Waals surface area (Å²) in [4.78, 5) is 0.680. The van der Waals surface area contributed by atoms with Crippen molar-refractivity contribution in [1.29, 1.82) is 0 Å². The molecule has 0 fully saturated rings. The van der Waals surface area contributed by atoms with Crippen molar-refractivity contribution in [1.82, 2.24) is 0 Å². The van der Waals surface area contributed by atoms with Gasteiger partial charge in [0.15, 0.2) is 0 Å². The Morgan fingerprint density at radius 1 is 1.25 bits per heavy atom. The van der Waals surface area contributed by atoms with Crippen molar-refractivity contribution in [3.63, 3.8) is 0 Å². The minimum atomic E-state index is -1.19. The molecule has 0 aliphatic rings.